The highest BCUT2D eigenvalue weighted by Gasteiger charge is 2.36. The molecule has 1 aliphatic rings. The highest BCUT2D eigenvalue weighted by atomic mass is 32.1. The fourth-order valence-electron chi connectivity index (χ4n) is 7.83. The zero-order valence-electron chi connectivity index (χ0n) is 26.0. The maximum Gasteiger partial charge on any atom is 0.159 e. The standard InChI is InChI=1S/C43H29N3S/c1-43(2)33-19-11-9-17-28(33)31-23-32-38(24-34(31)43)47-37-22-21-30-29-18-10-12-20-35(29)46(41(30)39(32)37)36-25-44-42(27-15-7-4-8-16-27)45-40(36)26-13-5-3-6-14-26/h3-25H,1-2H3. The summed E-state index contributed by atoms with van der Waals surface area (Å²) in [5.41, 5.74) is 11.8. The van der Waals surface area contributed by atoms with E-state index >= 15 is 0 Å². The van der Waals surface area contributed by atoms with Crippen LogP contribution in [0.1, 0.15) is 25.0 Å². The zero-order chi connectivity index (χ0) is 31.3. The molecule has 0 N–H and O–H groups in total. The van der Waals surface area contributed by atoms with Gasteiger partial charge in [-0.25, -0.2) is 9.97 Å². The number of para-hydroxylation sites is 1. The Hall–Kier alpha value is -5.58. The van der Waals surface area contributed by atoms with E-state index in [2.05, 4.69) is 134 Å². The van der Waals surface area contributed by atoms with Crippen molar-refractivity contribution < 1.29 is 0 Å². The third kappa shape index (κ3) is 3.73. The Bertz CT molecular complexity index is 2700. The first-order valence-corrected chi connectivity index (χ1v) is 16.9. The molecule has 0 fully saturated rings. The van der Waals surface area contributed by atoms with Gasteiger partial charge in [-0.1, -0.05) is 123 Å². The molecule has 222 valence electrons. The predicted molar refractivity (Wildman–Crippen MR) is 198 cm³/mol. The lowest BCUT2D eigenvalue weighted by Gasteiger charge is -2.21. The Balaban J connectivity index is 1.34. The van der Waals surface area contributed by atoms with Crippen LogP contribution in [-0.4, -0.2) is 14.5 Å². The van der Waals surface area contributed by atoms with Crippen molar-refractivity contribution in [2.75, 3.05) is 0 Å². The van der Waals surface area contributed by atoms with Crippen LogP contribution in [0, 0.1) is 0 Å². The smallest absolute Gasteiger partial charge is 0.159 e. The second kappa shape index (κ2) is 9.71. The van der Waals surface area contributed by atoms with Crippen molar-refractivity contribution in [3.05, 3.63) is 151 Å². The molecule has 10 rings (SSSR count). The second-order valence-electron chi connectivity index (χ2n) is 13.0. The van der Waals surface area contributed by atoms with Crippen LogP contribution in [0.2, 0.25) is 0 Å². The van der Waals surface area contributed by atoms with Crippen LogP contribution in [0.25, 0.3) is 81.4 Å². The minimum Gasteiger partial charge on any atom is -0.305 e. The number of fused-ring (bicyclic) bond motifs is 10. The quantitative estimate of drug-likeness (QED) is 0.197. The number of benzene rings is 6. The Labute approximate surface area is 276 Å². The molecule has 0 atom stereocenters. The number of rotatable bonds is 3. The molecule has 0 radical (unpaired) electrons. The van der Waals surface area contributed by atoms with Gasteiger partial charge in [0.15, 0.2) is 5.82 Å². The first kappa shape index (κ1) is 26.6. The van der Waals surface area contributed by atoms with Crippen LogP contribution in [0.15, 0.2) is 140 Å². The van der Waals surface area contributed by atoms with Crippen molar-refractivity contribution in [1.29, 1.82) is 0 Å². The molecule has 3 heterocycles. The summed E-state index contributed by atoms with van der Waals surface area (Å²) in [6, 6.07) is 48.0. The van der Waals surface area contributed by atoms with Gasteiger partial charge in [0.1, 0.15) is 0 Å². The summed E-state index contributed by atoms with van der Waals surface area (Å²) < 4.78 is 5.03. The monoisotopic (exact) mass is 619 g/mol. The molecule has 1 aliphatic carbocycles. The Morgan fingerprint density at radius 3 is 2.15 bits per heavy atom. The molecule has 3 aromatic heterocycles. The molecule has 0 aliphatic heterocycles. The number of thiophene rings is 1. The van der Waals surface area contributed by atoms with Crippen molar-refractivity contribution in [2.45, 2.75) is 19.3 Å². The first-order valence-electron chi connectivity index (χ1n) is 16.1. The lowest BCUT2D eigenvalue weighted by atomic mass is 9.82. The number of aromatic nitrogens is 3. The largest absolute Gasteiger partial charge is 0.305 e. The van der Waals surface area contributed by atoms with Crippen molar-refractivity contribution >= 4 is 53.3 Å². The number of hydrogen-bond acceptors (Lipinski definition) is 3. The van der Waals surface area contributed by atoms with Gasteiger partial charge in [-0.3, -0.25) is 0 Å². The maximum atomic E-state index is 5.27. The zero-order valence-corrected chi connectivity index (χ0v) is 26.8. The maximum absolute atomic E-state index is 5.27. The van der Waals surface area contributed by atoms with E-state index in [0.29, 0.717) is 0 Å². The number of hydrogen-bond donors (Lipinski definition) is 0. The normalized spacial score (nSPS) is 13.5. The fourth-order valence-corrected chi connectivity index (χ4v) is 8.96. The molecule has 47 heavy (non-hydrogen) atoms. The summed E-state index contributed by atoms with van der Waals surface area (Å²) in [6.45, 7) is 4.72. The van der Waals surface area contributed by atoms with Crippen LogP contribution in [-0.2, 0) is 5.41 Å². The highest BCUT2D eigenvalue weighted by Crippen LogP contribution is 2.52. The molecule has 0 saturated carbocycles. The van der Waals surface area contributed by atoms with Crippen LogP contribution < -0.4 is 0 Å². The average Bonchev–Trinajstić information content (AvgIpc) is 3.73. The summed E-state index contributed by atoms with van der Waals surface area (Å²) in [6.07, 6.45) is 2.02. The summed E-state index contributed by atoms with van der Waals surface area (Å²) >= 11 is 1.89. The molecule has 0 unspecified atom stereocenters. The van der Waals surface area contributed by atoms with Gasteiger partial charge in [0, 0.05) is 47.5 Å². The molecule has 0 amide bonds. The summed E-state index contributed by atoms with van der Waals surface area (Å²) in [4.78, 5) is 10.3. The van der Waals surface area contributed by atoms with Gasteiger partial charge in [0.2, 0.25) is 0 Å². The van der Waals surface area contributed by atoms with Gasteiger partial charge in [-0.05, 0) is 46.5 Å². The Morgan fingerprint density at radius 2 is 1.32 bits per heavy atom. The van der Waals surface area contributed by atoms with Gasteiger partial charge < -0.3 is 4.57 Å². The van der Waals surface area contributed by atoms with Crippen molar-refractivity contribution in [1.82, 2.24) is 14.5 Å². The van der Waals surface area contributed by atoms with Crippen molar-refractivity contribution in [3.8, 4) is 39.5 Å². The van der Waals surface area contributed by atoms with E-state index in [0.717, 1.165) is 33.8 Å². The van der Waals surface area contributed by atoms with E-state index in [1.54, 1.807) is 0 Å². The van der Waals surface area contributed by atoms with Gasteiger partial charge in [0.25, 0.3) is 0 Å². The predicted octanol–water partition coefficient (Wildman–Crippen LogP) is 11.6. The molecule has 4 heteroatoms. The van der Waals surface area contributed by atoms with Crippen molar-refractivity contribution in [3.63, 3.8) is 0 Å². The van der Waals surface area contributed by atoms with Crippen LogP contribution >= 0.6 is 11.3 Å². The lowest BCUT2D eigenvalue weighted by Crippen LogP contribution is -2.14. The molecular weight excluding hydrogens is 591 g/mol. The highest BCUT2D eigenvalue weighted by molar-refractivity contribution is 7.26. The first-order chi connectivity index (χ1) is 23.1. The second-order valence-corrected chi connectivity index (χ2v) is 14.1. The van der Waals surface area contributed by atoms with Crippen molar-refractivity contribution in [2.24, 2.45) is 0 Å². The van der Waals surface area contributed by atoms with Crippen LogP contribution in [0.3, 0.4) is 0 Å². The van der Waals surface area contributed by atoms with E-state index < -0.39 is 0 Å². The van der Waals surface area contributed by atoms with Gasteiger partial charge in [-0.2, -0.15) is 0 Å². The third-order valence-electron chi connectivity index (χ3n) is 10.1. The van der Waals surface area contributed by atoms with Gasteiger partial charge in [-0.15, -0.1) is 11.3 Å². The lowest BCUT2D eigenvalue weighted by molar-refractivity contribution is 0.661. The minimum atomic E-state index is -0.0388. The van der Waals surface area contributed by atoms with Crippen LogP contribution in [0.4, 0.5) is 0 Å². The fraction of sp³-hybridized carbons (Fsp3) is 0.0698. The summed E-state index contributed by atoms with van der Waals surface area (Å²) in [7, 11) is 0. The Morgan fingerprint density at radius 1 is 0.596 bits per heavy atom. The van der Waals surface area contributed by atoms with E-state index in [9.17, 15) is 0 Å². The summed E-state index contributed by atoms with van der Waals surface area (Å²) in [5.74, 6) is 0.719. The SMILES string of the molecule is CC1(C)c2ccccc2-c2cc3c(cc21)sc1ccc2c4ccccc4n(-c4cnc(-c5ccccc5)nc4-c4ccccc4)c2c13. The third-order valence-corrected chi connectivity index (χ3v) is 11.2. The molecule has 0 bridgehead atoms. The molecule has 6 aromatic carbocycles. The minimum absolute atomic E-state index is 0.0388. The Kier molecular flexibility index (Phi) is 5.50. The molecular formula is C43H29N3S. The number of nitrogens with zero attached hydrogens (tertiary/aromatic N) is 3. The molecule has 3 nitrogen and oxygen atoms in total. The van der Waals surface area contributed by atoms with E-state index in [1.165, 1.54) is 58.7 Å². The molecule has 0 spiro atoms. The van der Waals surface area contributed by atoms with E-state index in [4.69, 9.17) is 9.97 Å². The summed E-state index contributed by atoms with van der Waals surface area (Å²) in [5, 5.41) is 5.05. The van der Waals surface area contributed by atoms with E-state index in [1.807, 2.05) is 35.7 Å². The molecule has 9 aromatic rings. The van der Waals surface area contributed by atoms with Gasteiger partial charge in [0.05, 0.1) is 28.6 Å². The van der Waals surface area contributed by atoms with Crippen LogP contribution in [0.5, 0.6) is 0 Å². The van der Waals surface area contributed by atoms with Gasteiger partial charge >= 0.3 is 0 Å². The molecule has 0 saturated heterocycles. The topological polar surface area (TPSA) is 30.7 Å². The van der Waals surface area contributed by atoms with E-state index in [-0.39, 0.29) is 5.41 Å². The average molecular weight is 620 g/mol.